The van der Waals surface area contributed by atoms with Crippen LogP contribution in [0.4, 0.5) is 0 Å². The Bertz CT molecular complexity index is 322. The van der Waals surface area contributed by atoms with Gasteiger partial charge in [0.15, 0.2) is 0 Å². The molecule has 1 aromatic rings. The van der Waals surface area contributed by atoms with Crippen molar-refractivity contribution in [3.8, 4) is 0 Å². The molecule has 0 fully saturated rings. The third-order valence-corrected chi connectivity index (χ3v) is 1.98. The summed E-state index contributed by atoms with van der Waals surface area (Å²) in [5.41, 5.74) is 0. The van der Waals surface area contributed by atoms with Crippen molar-refractivity contribution in [1.29, 1.82) is 0 Å². The maximum Gasteiger partial charge on any atom is 0.307 e. The zero-order valence-electron chi connectivity index (χ0n) is 9.36. The second-order valence-corrected chi connectivity index (χ2v) is 3.26. The van der Waals surface area contributed by atoms with Crippen LogP contribution in [0.3, 0.4) is 0 Å². The first-order chi connectivity index (χ1) is 7.76. The summed E-state index contributed by atoms with van der Waals surface area (Å²) in [7, 11) is 0. The molecule has 0 saturated carbocycles. The molecule has 1 heterocycles. The van der Waals surface area contributed by atoms with E-state index in [1.54, 1.807) is 19.1 Å². The molecule has 0 amide bonds. The van der Waals surface area contributed by atoms with Gasteiger partial charge in [-0.15, -0.1) is 0 Å². The molecular weight excluding hydrogens is 210 g/mol. The fourth-order valence-electron chi connectivity index (χ4n) is 1.24. The lowest BCUT2D eigenvalue weighted by Gasteiger charge is -2.02. The minimum Gasteiger partial charge on any atom is -0.466 e. The van der Waals surface area contributed by atoms with E-state index >= 15 is 0 Å². The molecule has 0 unspecified atom stereocenters. The summed E-state index contributed by atoms with van der Waals surface area (Å²) in [6, 6.07) is 3.52. The van der Waals surface area contributed by atoms with E-state index in [1.165, 1.54) is 0 Å². The molecule has 1 aromatic heterocycles. The van der Waals surface area contributed by atoms with Crippen LogP contribution in [0.5, 0.6) is 0 Å². The number of furan rings is 1. The number of esters is 1. The normalized spacial score (nSPS) is 10.4. The average Bonchev–Trinajstić information content (AvgIpc) is 2.73. The zero-order valence-corrected chi connectivity index (χ0v) is 9.36. The highest BCUT2D eigenvalue weighted by atomic mass is 16.5. The molecule has 5 heteroatoms. The largest absolute Gasteiger partial charge is 0.466 e. The van der Waals surface area contributed by atoms with Crippen LogP contribution < -0.4 is 5.32 Å². The number of nitrogens with one attached hydrogen (secondary N) is 1. The van der Waals surface area contributed by atoms with Gasteiger partial charge in [-0.05, 0) is 19.1 Å². The molecule has 1 rings (SSSR count). The molecule has 0 spiro atoms. The van der Waals surface area contributed by atoms with Gasteiger partial charge in [-0.1, -0.05) is 0 Å². The molecule has 90 valence electrons. The molecule has 5 nitrogen and oxygen atoms in total. The summed E-state index contributed by atoms with van der Waals surface area (Å²) in [5, 5.41) is 11.8. The molecule has 0 radical (unpaired) electrons. The van der Waals surface area contributed by atoms with Crippen LogP contribution in [0.25, 0.3) is 0 Å². The molecule has 0 aliphatic carbocycles. The molecule has 0 aromatic carbocycles. The number of hydrogen-bond acceptors (Lipinski definition) is 5. The van der Waals surface area contributed by atoms with Gasteiger partial charge in [0, 0.05) is 6.54 Å². The lowest BCUT2D eigenvalue weighted by molar-refractivity contribution is -0.142. The third kappa shape index (κ3) is 4.46. The van der Waals surface area contributed by atoms with Crippen molar-refractivity contribution in [3.05, 3.63) is 23.7 Å². The molecule has 0 bridgehead atoms. The zero-order chi connectivity index (χ0) is 11.8. The van der Waals surface area contributed by atoms with E-state index in [4.69, 9.17) is 14.3 Å². The second kappa shape index (κ2) is 7.03. The van der Waals surface area contributed by atoms with Gasteiger partial charge in [-0.2, -0.15) is 0 Å². The Morgan fingerprint density at radius 3 is 2.88 bits per heavy atom. The maximum atomic E-state index is 11.0. The van der Waals surface area contributed by atoms with Crippen LogP contribution in [-0.2, 0) is 22.7 Å². The van der Waals surface area contributed by atoms with Crippen molar-refractivity contribution in [2.45, 2.75) is 26.5 Å². The van der Waals surface area contributed by atoms with Crippen molar-refractivity contribution >= 4 is 5.97 Å². The molecule has 2 N–H and O–H groups in total. The number of ether oxygens (including phenoxy) is 1. The summed E-state index contributed by atoms with van der Waals surface area (Å²) in [5.74, 6) is 1.08. The summed E-state index contributed by atoms with van der Waals surface area (Å²) in [6.45, 7) is 3.19. The van der Waals surface area contributed by atoms with E-state index in [0.717, 1.165) is 5.76 Å². The van der Waals surface area contributed by atoms with Crippen LogP contribution in [0.2, 0.25) is 0 Å². The first-order valence-corrected chi connectivity index (χ1v) is 5.31. The standard InChI is InChI=1S/C11H17NO4/c1-2-15-11(14)5-6-12-7-9-3-4-10(8-13)16-9/h3-4,12-13H,2,5-8H2,1H3. The molecule has 0 saturated heterocycles. The number of aliphatic hydroxyl groups excluding tert-OH is 1. The van der Waals surface area contributed by atoms with Gasteiger partial charge in [-0.25, -0.2) is 0 Å². The Labute approximate surface area is 94.4 Å². The number of carbonyl (C=O) groups excluding carboxylic acids is 1. The first-order valence-electron chi connectivity index (χ1n) is 5.31. The van der Waals surface area contributed by atoms with Crippen molar-refractivity contribution in [2.24, 2.45) is 0 Å². The van der Waals surface area contributed by atoms with Gasteiger partial charge < -0.3 is 19.6 Å². The van der Waals surface area contributed by atoms with Crippen LogP contribution in [0.1, 0.15) is 24.9 Å². The van der Waals surface area contributed by atoms with Gasteiger partial charge in [0.25, 0.3) is 0 Å². The Kier molecular flexibility index (Phi) is 5.60. The van der Waals surface area contributed by atoms with Crippen LogP contribution in [-0.4, -0.2) is 24.2 Å². The number of rotatable bonds is 7. The minimum absolute atomic E-state index is 0.0944. The van der Waals surface area contributed by atoms with Crippen LogP contribution >= 0.6 is 0 Å². The Morgan fingerprint density at radius 1 is 1.50 bits per heavy atom. The van der Waals surface area contributed by atoms with Crippen molar-refractivity contribution in [1.82, 2.24) is 5.32 Å². The van der Waals surface area contributed by atoms with Crippen LogP contribution in [0, 0.1) is 0 Å². The highest BCUT2D eigenvalue weighted by Gasteiger charge is 2.02. The second-order valence-electron chi connectivity index (χ2n) is 3.26. The topological polar surface area (TPSA) is 71.7 Å². The Balaban J connectivity index is 2.13. The Hall–Kier alpha value is -1.33. The molecule has 0 atom stereocenters. The smallest absolute Gasteiger partial charge is 0.307 e. The highest BCUT2D eigenvalue weighted by molar-refractivity contribution is 5.69. The fourth-order valence-corrected chi connectivity index (χ4v) is 1.24. The molecule has 16 heavy (non-hydrogen) atoms. The Morgan fingerprint density at radius 2 is 2.25 bits per heavy atom. The molecule has 0 aliphatic rings. The van der Waals surface area contributed by atoms with Gasteiger partial charge in [-0.3, -0.25) is 4.79 Å². The monoisotopic (exact) mass is 227 g/mol. The predicted molar refractivity (Wildman–Crippen MR) is 57.6 cm³/mol. The predicted octanol–water partition coefficient (Wildman–Crippen LogP) is 0.815. The molecule has 0 aliphatic heterocycles. The summed E-state index contributed by atoms with van der Waals surface area (Å²) >= 11 is 0. The SMILES string of the molecule is CCOC(=O)CCNCc1ccc(CO)o1. The van der Waals surface area contributed by atoms with Gasteiger partial charge >= 0.3 is 5.97 Å². The van der Waals surface area contributed by atoms with Crippen molar-refractivity contribution < 1.29 is 19.1 Å². The van der Waals surface area contributed by atoms with Crippen LogP contribution in [0.15, 0.2) is 16.5 Å². The molecular formula is C11H17NO4. The lowest BCUT2D eigenvalue weighted by atomic mass is 10.4. The summed E-state index contributed by atoms with van der Waals surface area (Å²) < 4.78 is 10.0. The van der Waals surface area contributed by atoms with Gasteiger partial charge in [0.2, 0.25) is 0 Å². The average molecular weight is 227 g/mol. The number of carbonyl (C=O) groups is 1. The minimum atomic E-state index is -0.203. The fraction of sp³-hybridized carbons (Fsp3) is 0.545. The van der Waals surface area contributed by atoms with E-state index in [0.29, 0.717) is 31.9 Å². The van der Waals surface area contributed by atoms with E-state index < -0.39 is 0 Å². The van der Waals surface area contributed by atoms with Gasteiger partial charge in [0.05, 0.1) is 19.6 Å². The maximum absolute atomic E-state index is 11.0. The number of aliphatic hydroxyl groups is 1. The first kappa shape index (κ1) is 12.7. The highest BCUT2D eigenvalue weighted by Crippen LogP contribution is 2.06. The van der Waals surface area contributed by atoms with E-state index in [9.17, 15) is 4.79 Å². The van der Waals surface area contributed by atoms with E-state index in [1.807, 2.05) is 0 Å². The van der Waals surface area contributed by atoms with E-state index in [2.05, 4.69) is 5.32 Å². The lowest BCUT2D eigenvalue weighted by Crippen LogP contribution is -2.18. The summed E-state index contributed by atoms with van der Waals surface area (Å²) in [6.07, 6.45) is 0.349. The van der Waals surface area contributed by atoms with Crippen molar-refractivity contribution in [3.63, 3.8) is 0 Å². The third-order valence-electron chi connectivity index (χ3n) is 1.98. The van der Waals surface area contributed by atoms with Gasteiger partial charge in [0.1, 0.15) is 18.1 Å². The van der Waals surface area contributed by atoms with E-state index in [-0.39, 0.29) is 12.6 Å². The quantitative estimate of drug-likeness (QED) is 0.533. The summed E-state index contributed by atoms with van der Waals surface area (Å²) in [4.78, 5) is 11.0. The van der Waals surface area contributed by atoms with Crippen molar-refractivity contribution in [2.75, 3.05) is 13.2 Å². The number of hydrogen-bond donors (Lipinski definition) is 2.